The minimum Gasteiger partial charge on any atom is -0.329 e. The lowest BCUT2D eigenvalue weighted by atomic mass is 9.98. The molecule has 3 rings (SSSR count). The molecule has 0 unspecified atom stereocenters. The number of nitrogens with zero attached hydrogens (tertiary/aromatic N) is 3. The number of nitrogens with one attached hydrogen (secondary N) is 2. The zero-order valence-corrected chi connectivity index (χ0v) is 16.8. The van der Waals surface area contributed by atoms with E-state index in [2.05, 4.69) is 36.3 Å². The first-order valence-corrected chi connectivity index (χ1v) is 9.79. The number of carbonyl (C=O) groups excluding carboxylic acids is 3. The molecule has 2 aliphatic heterocycles. The molecule has 2 fully saturated rings. The lowest BCUT2D eigenvalue weighted by molar-refractivity contribution is -0.125. The van der Waals surface area contributed by atoms with Gasteiger partial charge in [0, 0.05) is 37.4 Å². The number of anilines is 1. The van der Waals surface area contributed by atoms with Crippen molar-refractivity contribution >= 4 is 23.7 Å². The van der Waals surface area contributed by atoms with Gasteiger partial charge in [-0.1, -0.05) is 25.1 Å². The second-order valence-corrected chi connectivity index (χ2v) is 7.87. The number of hydrogen-bond donors (Lipinski definition) is 2. The van der Waals surface area contributed by atoms with Crippen molar-refractivity contribution < 1.29 is 14.4 Å². The molecule has 0 bridgehead atoms. The molecule has 152 valence electrons. The normalized spacial score (nSPS) is 18.4. The zero-order valence-electron chi connectivity index (χ0n) is 16.8. The number of imide groups is 1. The molecule has 28 heavy (non-hydrogen) atoms. The van der Waals surface area contributed by atoms with Crippen molar-refractivity contribution in [2.75, 3.05) is 38.0 Å². The van der Waals surface area contributed by atoms with Crippen LogP contribution in [0.5, 0.6) is 0 Å². The molecule has 2 heterocycles. The summed E-state index contributed by atoms with van der Waals surface area (Å²) in [6, 6.07) is 6.71. The van der Waals surface area contributed by atoms with Gasteiger partial charge in [0.25, 0.3) is 0 Å². The van der Waals surface area contributed by atoms with Crippen LogP contribution in [0.3, 0.4) is 0 Å². The van der Waals surface area contributed by atoms with Gasteiger partial charge in [0.05, 0.1) is 13.1 Å². The molecule has 0 saturated carbocycles. The van der Waals surface area contributed by atoms with Crippen molar-refractivity contribution in [3.05, 3.63) is 29.8 Å². The van der Waals surface area contributed by atoms with Gasteiger partial charge in [-0.05, 0) is 31.9 Å². The predicted molar refractivity (Wildman–Crippen MR) is 107 cm³/mol. The number of rotatable bonds is 5. The van der Waals surface area contributed by atoms with Crippen LogP contribution in [0, 0.1) is 0 Å². The first-order chi connectivity index (χ1) is 13.3. The molecule has 0 aliphatic carbocycles. The van der Waals surface area contributed by atoms with Gasteiger partial charge in [0.15, 0.2) is 0 Å². The van der Waals surface area contributed by atoms with E-state index in [1.807, 2.05) is 23.1 Å². The molecule has 2 saturated heterocycles. The Hall–Kier alpha value is -2.61. The van der Waals surface area contributed by atoms with Crippen LogP contribution < -0.4 is 10.6 Å². The minimum atomic E-state index is -0.402. The molecule has 1 aromatic carbocycles. The van der Waals surface area contributed by atoms with Crippen LogP contribution in [0.4, 0.5) is 15.3 Å². The summed E-state index contributed by atoms with van der Waals surface area (Å²) >= 11 is 0. The van der Waals surface area contributed by atoms with Crippen molar-refractivity contribution in [3.63, 3.8) is 0 Å². The fourth-order valence-electron chi connectivity index (χ4n) is 3.50. The van der Waals surface area contributed by atoms with Crippen molar-refractivity contribution in [1.82, 2.24) is 20.0 Å². The number of piperazine rings is 1. The Morgan fingerprint density at radius 2 is 1.82 bits per heavy atom. The highest BCUT2D eigenvalue weighted by Gasteiger charge is 2.31. The van der Waals surface area contributed by atoms with Crippen molar-refractivity contribution in [2.45, 2.75) is 39.3 Å². The van der Waals surface area contributed by atoms with Crippen LogP contribution in [0.2, 0.25) is 0 Å². The number of amides is 5. The summed E-state index contributed by atoms with van der Waals surface area (Å²) < 4.78 is 0. The topological polar surface area (TPSA) is 85.0 Å². The van der Waals surface area contributed by atoms with Gasteiger partial charge in [0.2, 0.25) is 5.91 Å². The average molecular weight is 387 g/mol. The highest BCUT2D eigenvalue weighted by atomic mass is 16.2. The van der Waals surface area contributed by atoms with E-state index < -0.39 is 6.03 Å². The van der Waals surface area contributed by atoms with Gasteiger partial charge in [0.1, 0.15) is 0 Å². The van der Waals surface area contributed by atoms with E-state index in [1.54, 1.807) is 6.07 Å². The van der Waals surface area contributed by atoms with Gasteiger partial charge < -0.3 is 15.5 Å². The van der Waals surface area contributed by atoms with Gasteiger partial charge >= 0.3 is 12.1 Å². The number of benzene rings is 1. The van der Waals surface area contributed by atoms with Crippen LogP contribution >= 0.6 is 0 Å². The zero-order chi connectivity index (χ0) is 20.3. The van der Waals surface area contributed by atoms with Gasteiger partial charge in [-0.2, -0.15) is 0 Å². The van der Waals surface area contributed by atoms with Crippen LogP contribution in [-0.4, -0.2) is 70.9 Å². The Bertz CT molecular complexity index is 740. The molecule has 1 aromatic rings. The number of carbonyl (C=O) groups is 3. The quantitative estimate of drug-likeness (QED) is 0.758. The van der Waals surface area contributed by atoms with Crippen LogP contribution in [0.1, 0.15) is 32.8 Å². The lowest BCUT2D eigenvalue weighted by Crippen LogP contribution is -2.56. The average Bonchev–Trinajstić information content (AvgIpc) is 3.01. The lowest BCUT2D eigenvalue weighted by Gasteiger charge is -2.43. The molecule has 0 atom stereocenters. The monoisotopic (exact) mass is 387 g/mol. The Kier molecular flexibility index (Phi) is 5.88. The molecule has 8 nitrogen and oxygen atoms in total. The van der Waals surface area contributed by atoms with Crippen molar-refractivity contribution in [3.8, 4) is 0 Å². The first-order valence-electron chi connectivity index (χ1n) is 9.79. The SMILES string of the molecule is CCC(C)(C)N1CCN(C(=O)Nc2ccccc2CN2C(=O)CNC2=O)CC1. The molecular weight excluding hydrogens is 358 g/mol. The van der Waals surface area contributed by atoms with E-state index in [1.165, 1.54) is 0 Å². The van der Waals surface area contributed by atoms with Gasteiger partial charge in [-0.3, -0.25) is 14.6 Å². The molecule has 0 spiro atoms. The Morgan fingerprint density at radius 1 is 1.14 bits per heavy atom. The van der Waals surface area contributed by atoms with Crippen LogP contribution in [0.15, 0.2) is 24.3 Å². The van der Waals surface area contributed by atoms with E-state index in [0.717, 1.165) is 30.0 Å². The maximum Gasteiger partial charge on any atom is 0.324 e. The third-order valence-corrected chi connectivity index (χ3v) is 5.81. The Labute approximate surface area is 165 Å². The standard InChI is InChI=1S/C20H29N5O3/c1-4-20(2,3)24-11-9-23(10-12-24)19(28)22-16-8-6-5-7-15(16)14-25-17(26)13-21-18(25)27/h5-8H,4,9-14H2,1-3H3,(H,21,27)(H,22,28). The van der Waals surface area contributed by atoms with Crippen molar-refractivity contribution in [1.29, 1.82) is 0 Å². The fourth-order valence-corrected chi connectivity index (χ4v) is 3.50. The summed E-state index contributed by atoms with van der Waals surface area (Å²) in [5.74, 6) is -0.263. The highest BCUT2D eigenvalue weighted by molar-refractivity contribution is 6.02. The molecule has 8 heteroatoms. The summed E-state index contributed by atoms with van der Waals surface area (Å²) in [4.78, 5) is 41.8. The summed E-state index contributed by atoms with van der Waals surface area (Å²) in [6.07, 6.45) is 1.06. The molecule has 2 N–H and O–H groups in total. The fraction of sp³-hybridized carbons (Fsp3) is 0.550. The summed E-state index contributed by atoms with van der Waals surface area (Å²) in [6.45, 7) is 9.84. The molecular formula is C20H29N5O3. The van der Waals surface area contributed by atoms with E-state index in [9.17, 15) is 14.4 Å². The minimum absolute atomic E-state index is 0.0196. The highest BCUT2D eigenvalue weighted by Crippen LogP contribution is 2.22. The number of para-hydroxylation sites is 1. The van der Waals surface area contributed by atoms with E-state index in [4.69, 9.17) is 0 Å². The largest absolute Gasteiger partial charge is 0.329 e. The van der Waals surface area contributed by atoms with E-state index >= 15 is 0 Å². The third kappa shape index (κ3) is 4.27. The summed E-state index contributed by atoms with van der Waals surface area (Å²) in [5.41, 5.74) is 1.49. The number of urea groups is 2. The summed E-state index contributed by atoms with van der Waals surface area (Å²) in [7, 11) is 0. The Balaban J connectivity index is 1.62. The second-order valence-electron chi connectivity index (χ2n) is 7.87. The first kappa shape index (κ1) is 20.1. The van der Waals surface area contributed by atoms with Crippen LogP contribution in [0.25, 0.3) is 0 Å². The predicted octanol–water partition coefficient (Wildman–Crippen LogP) is 2.08. The number of hydrogen-bond acceptors (Lipinski definition) is 4. The summed E-state index contributed by atoms with van der Waals surface area (Å²) in [5, 5.41) is 5.46. The second kappa shape index (κ2) is 8.18. The smallest absolute Gasteiger partial charge is 0.324 e. The third-order valence-electron chi connectivity index (χ3n) is 5.81. The Morgan fingerprint density at radius 3 is 2.43 bits per heavy atom. The molecule has 0 radical (unpaired) electrons. The van der Waals surface area contributed by atoms with Gasteiger partial charge in [-0.25, -0.2) is 9.59 Å². The molecule has 5 amide bonds. The maximum absolute atomic E-state index is 12.7. The van der Waals surface area contributed by atoms with E-state index in [0.29, 0.717) is 18.8 Å². The molecule has 2 aliphatic rings. The van der Waals surface area contributed by atoms with Crippen molar-refractivity contribution in [2.24, 2.45) is 0 Å². The maximum atomic E-state index is 12.7. The molecule has 0 aromatic heterocycles. The van der Waals surface area contributed by atoms with Gasteiger partial charge in [-0.15, -0.1) is 0 Å². The van der Waals surface area contributed by atoms with E-state index in [-0.39, 0.29) is 30.6 Å². The van der Waals surface area contributed by atoms with Crippen LogP contribution in [-0.2, 0) is 11.3 Å².